The molecule has 0 saturated heterocycles. The highest BCUT2D eigenvalue weighted by atomic mass is 16.5. The van der Waals surface area contributed by atoms with Gasteiger partial charge in [0.25, 0.3) is 0 Å². The number of ether oxygens (including phenoxy) is 1. The van der Waals surface area contributed by atoms with Gasteiger partial charge in [0.2, 0.25) is 0 Å². The van der Waals surface area contributed by atoms with Crippen LogP contribution < -0.4 is 4.74 Å². The molecule has 0 heterocycles. The Bertz CT molecular complexity index is 552. The summed E-state index contributed by atoms with van der Waals surface area (Å²) in [5.41, 5.74) is 1.37. The van der Waals surface area contributed by atoms with Crippen molar-refractivity contribution in [2.45, 2.75) is 104 Å². The molecule has 0 spiro atoms. The SMILES string of the molecule is CCCC(CC)c1ccc(OC(=O)C(C(CC)CCC)C2CCCCC2)cc1. The first-order chi connectivity index (χ1) is 13.6. The van der Waals surface area contributed by atoms with E-state index in [4.69, 9.17) is 4.74 Å². The lowest BCUT2D eigenvalue weighted by Gasteiger charge is -2.34. The van der Waals surface area contributed by atoms with Crippen molar-refractivity contribution in [1.29, 1.82) is 0 Å². The lowest BCUT2D eigenvalue weighted by molar-refractivity contribution is -0.144. The zero-order valence-electron chi connectivity index (χ0n) is 18.7. The average molecular weight is 387 g/mol. The van der Waals surface area contributed by atoms with E-state index in [2.05, 4.69) is 39.8 Å². The molecule has 0 aromatic heterocycles. The molecule has 28 heavy (non-hydrogen) atoms. The Kier molecular flexibility index (Phi) is 10.1. The second-order valence-electron chi connectivity index (χ2n) is 8.76. The summed E-state index contributed by atoms with van der Waals surface area (Å²) in [4.78, 5) is 13.2. The molecule has 2 nitrogen and oxygen atoms in total. The Morgan fingerprint density at radius 1 is 0.929 bits per heavy atom. The van der Waals surface area contributed by atoms with Crippen molar-refractivity contribution in [1.82, 2.24) is 0 Å². The standard InChI is InChI=1S/C26H42O2/c1-5-12-20(7-3)22-16-18-24(19-17-22)28-26(27)25(21(8-4)13-6-2)23-14-10-9-11-15-23/h16-21,23,25H,5-15H2,1-4H3. The van der Waals surface area contributed by atoms with Crippen LogP contribution in [-0.2, 0) is 4.79 Å². The van der Waals surface area contributed by atoms with E-state index in [1.807, 2.05) is 12.1 Å². The smallest absolute Gasteiger partial charge is 0.314 e. The van der Waals surface area contributed by atoms with Gasteiger partial charge in [-0.05, 0) is 67.6 Å². The zero-order valence-corrected chi connectivity index (χ0v) is 18.7. The zero-order chi connectivity index (χ0) is 20.4. The maximum absolute atomic E-state index is 13.2. The molecule has 1 fully saturated rings. The molecule has 1 aromatic rings. The van der Waals surface area contributed by atoms with Gasteiger partial charge in [-0.25, -0.2) is 0 Å². The third kappa shape index (κ3) is 6.36. The van der Waals surface area contributed by atoms with E-state index in [9.17, 15) is 4.79 Å². The van der Waals surface area contributed by atoms with Crippen molar-refractivity contribution < 1.29 is 9.53 Å². The van der Waals surface area contributed by atoms with Crippen LogP contribution in [0.15, 0.2) is 24.3 Å². The summed E-state index contributed by atoms with van der Waals surface area (Å²) in [6.07, 6.45) is 13.1. The maximum atomic E-state index is 13.2. The van der Waals surface area contributed by atoms with E-state index >= 15 is 0 Å². The van der Waals surface area contributed by atoms with Gasteiger partial charge in [0.05, 0.1) is 5.92 Å². The minimum atomic E-state index is 0.0144. The van der Waals surface area contributed by atoms with Crippen molar-refractivity contribution in [3.8, 4) is 5.75 Å². The molecule has 0 aliphatic heterocycles. The summed E-state index contributed by atoms with van der Waals surface area (Å²) < 4.78 is 5.95. The highest BCUT2D eigenvalue weighted by Crippen LogP contribution is 2.38. The van der Waals surface area contributed by atoms with Gasteiger partial charge >= 0.3 is 5.97 Å². The minimum absolute atomic E-state index is 0.0144. The molecule has 0 amide bonds. The molecule has 1 aliphatic rings. The second kappa shape index (κ2) is 12.3. The first-order valence-corrected chi connectivity index (χ1v) is 12.0. The van der Waals surface area contributed by atoms with Gasteiger partial charge in [-0.2, -0.15) is 0 Å². The van der Waals surface area contributed by atoms with Crippen LogP contribution in [0.2, 0.25) is 0 Å². The Morgan fingerprint density at radius 3 is 2.11 bits per heavy atom. The fourth-order valence-electron chi connectivity index (χ4n) is 5.22. The molecule has 1 aliphatic carbocycles. The summed E-state index contributed by atoms with van der Waals surface area (Å²) in [5, 5.41) is 0. The van der Waals surface area contributed by atoms with Gasteiger partial charge in [-0.1, -0.05) is 78.4 Å². The molecule has 0 N–H and O–H groups in total. The predicted molar refractivity (Wildman–Crippen MR) is 119 cm³/mol. The van der Waals surface area contributed by atoms with E-state index in [1.165, 1.54) is 50.5 Å². The molecule has 1 saturated carbocycles. The van der Waals surface area contributed by atoms with Gasteiger partial charge in [0.15, 0.2) is 0 Å². The van der Waals surface area contributed by atoms with Crippen molar-refractivity contribution in [2.75, 3.05) is 0 Å². The van der Waals surface area contributed by atoms with Crippen molar-refractivity contribution in [3.05, 3.63) is 29.8 Å². The molecule has 0 radical (unpaired) electrons. The highest BCUT2D eigenvalue weighted by molar-refractivity contribution is 5.75. The quantitative estimate of drug-likeness (QED) is 0.285. The summed E-state index contributed by atoms with van der Waals surface area (Å²) in [7, 11) is 0. The fourth-order valence-corrected chi connectivity index (χ4v) is 5.22. The van der Waals surface area contributed by atoms with E-state index in [0.29, 0.717) is 23.5 Å². The van der Waals surface area contributed by atoms with Crippen LogP contribution in [0.1, 0.15) is 110 Å². The molecule has 1 aromatic carbocycles. The minimum Gasteiger partial charge on any atom is -0.426 e. The number of carbonyl (C=O) groups excluding carboxylic acids is 1. The van der Waals surface area contributed by atoms with Crippen molar-refractivity contribution in [3.63, 3.8) is 0 Å². The van der Waals surface area contributed by atoms with Crippen LogP contribution in [0.4, 0.5) is 0 Å². The number of benzene rings is 1. The fraction of sp³-hybridized carbons (Fsp3) is 0.731. The second-order valence-corrected chi connectivity index (χ2v) is 8.76. The van der Waals surface area contributed by atoms with Crippen molar-refractivity contribution in [2.24, 2.45) is 17.8 Å². The van der Waals surface area contributed by atoms with E-state index in [1.54, 1.807) is 0 Å². The largest absolute Gasteiger partial charge is 0.426 e. The topological polar surface area (TPSA) is 26.3 Å². The molecular formula is C26H42O2. The summed E-state index contributed by atoms with van der Waals surface area (Å²) in [6.45, 7) is 8.95. The van der Waals surface area contributed by atoms with E-state index in [-0.39, 0.29) is 11.9 Å². The number of hydrogen-bond donors (Lipinski definition) is 0. The Morgan fingerprint density at radius 2 is 1.57 bits per heavy atom. The summed E-state index contributed by atoms with van der Waals surface area (Å²) in [6, 6.07) is 8.32. The van der Waals surface area contributed by atoms with Crippen LogP contribution in [-0.4, -0.2) is 5.97 Å². The van der Waals surface area contributed by atoms with E-state index < -0.39 is 0 Å². The molecule has 3 atom stereocenters. The number of carbonyl (C=O) groups is 1. The first kappa shape index (κ1) is 23.0. The average Bonchev–Trinajstić information content (AvgIpc) is 2.73. The number of esters is 1. The van der Waals surface area contributed by atoms with Crippen LogP contribution >= 0.6 is 0 Å². The molecule has 2 heteroatoms. The van der Waals surface area contributed by atoms with E-state index in [0.717, 1.165) is 25.7 Å². The monoisotopic (exact) mass is 386 g/mol. The normalized spacial score (nSPS) is 18.4. The van der Waals surface area contributed by atoms with Crippen LogP contribution in [0.3, 0.4) is 0 Å². The van der Waals surface area contributed by atoms with Crippen molar-refractivity contribution >= 4 is 5.97 Å². The first-order valence-electron chi connectivity index (χ1n) is 12.0. The summed E-state index contributed by atoms with van der Waals surface area (Å²) in [5.74, 6) is 2.36. The Balaban J connectivity index is 2.11. The van der Waals surface area contributed by atoms with Crippen LogP contribution in [0, 0.1) is 17.8 Å². The van der Waals surface area contributed by atoms with Gasteiger partial charge in [0, 0.05) is 0 Å². The molecule has 0 bridgehead atoms. The number of hydrogen-bond acceptors (Lipinski definition) is 2. The third-order valence-corrected chi connectivity index (χ3v) is 6.82. The van der Waals surface area contributed by atoms with Gasteiger partial charge in [-0.15, -0.1) is 0 Å². The van der Waals surface area contributed by atoms with Gasteiger partial charge in [0.1, 0.15) is 5.75 Å². The molecule has 2 rings (SSSR count). The molecule has 158 valence electrons. The molecule has 3 unspecified atom stereocenters. The summed E-state index contributed by atoms with van der Waals surface area (Å²) >= 11 is 0. The van der Waals surface area contributed by atoms with Crippen LogP contribution in [0.25, 0.3) is 0 Å². The lowest BCUT2D eigenvalue weighted by atomic mass is 9.72. The van der Waals surface area contributed by atoms with Crippen LogP contribution in [0.5, 0.6) is 5.75 Å². The predicted octanol–water partition coefficient (Wildman–Crippen LogP) is 7.91. The number of rotatable bonds is 11. The molecular weight excluding hydrogens is 344 g/mol. The maximum Gasteiger partial charge on any atom is 0.314 e. The highest BCUT2D eigenvalue weighted by Gasteiger charge is 2.36. The van der Waals surface area contributed by atoms with Gasteiger partial charge in [-0.3, -0.25) is 4.79 Å². The van der Waals surface area contributed by atoms with Gasteiger partial charge < -0.3 is 4.74 Å². The third-order valence-electron chi connectivity index (χ3n) is 6.82. The Hall–Kier alpha value is -1.31. The lowest BCUT2D eigenvalue weighted by Crippen LogP contribution is -2.35. The Labute approximate surface area is 173 Å².